The van der Waals surface area contributed by atoms with Crippen molar-refractivity contribution in [2.45, 2.75) is 6.18 Å². The lowest BCUT2D eigenvalue weighted by molar-refractivity contribution is -0.121. The maximum absolute atomic E-state index is 11.9. The zero-order chi connectivity index (χ0) is 15.6. The van der Waals surface area contributed by atoms with Crippen LogP contribution < -0.4 is 9.44 Å². The monoisotopic (exact) mass is 332 g/mol. The van der Waals surface area contributed by atoms with Gasteiger partial charge in [-0.2, -0.15) is 26.3 Å². The highest BCUT2D eigenvalue weighted by Gasteiger charge is 2.30. The van der Waals surface area contributed by atoms with Gasteiger partial charge in [0.05, 0.1) is 16.3 Å². The van der Waals surface area contributed by atoms with Crippen LogP contribution in [-0.2, 0) is 10.2 Å². The molecule has 0 saturated carbocycles. The maximum Gasteiger partial charge on any atom is 0.402 e. The summed E-state index contributed by atoms with van der Waals surface area (Å²) in [6.07, 6.45) is -4.75. The maximum atomic E-state index is 11.9. The quantitative estimate of drug-likeness (QED) is 0.766. The van der Waals surface area contributed by atoms with Crippen LogP contribution in [0.1, 0.15) is 10.4 Å². The van der Waals surface area contributed by atoms with Crippen molar-refractivity contribution in [2.24, 2.45) is 0 Å². The van der Waals surface area contributed by atoms with Gasteiger partial charge in [-0.15, -0.1) is 0 Å². The number of para-hydroxylation sites is 1. The minimum absolute atomic E-state index is 0.262. The Labute approximate surface area is 116 Å². The molecule has 0 heterocycles. The van der Waals surface area contributed by atoms with Crippen molar-refractivity contribution in [2.75, 3.05) is 11.3 Å². The van der Waals surface area contributed by atoms with E-state index in [9.17, 15) is 26.4 Å². The molecule has 0 aliphatic heterocycles. The molecule has 112 valence electrons. The summed E-state index contributed by atoms with van der Waals surface area (Å²) in [7, 11) is -4.61. The van der Waals surface area contributed by atoms with E-state index >= 15 is 0 Å². The third-order valence-corrected chi connectivity index (χ3v) is 3.26. The highest BCUT2D eigenvalue weighted by Crippen LogP contribution is 2.27. The first-order valence-corrected chi connectivity index (χ1v) is 6.74. The van der Waals surface area contributed by atoms with Crippen LogP contribution in [0.5, 0.6) is 0 Å². The molecule has 0 unspecified atom stereocenters. The van der Waals surface area contributed by atoms with Crippen LogP contribution in [0, 0.1) is 0 Å². The Balaban J connectivity index is 3.01. The van der Waals surface area contributed by atoms with Crippen molar-refractivity contribution in [3.05, 3.63) is 28.8 Å². The van der Waals surface area contributed by atoms with Gasteiger partial charge in [-0.1, -0.05) is 17.7 Å². The summed E-state index contributed by atoms with van der Waals surface area (Å²) in [5, 5.41) is 8.59. The van der Waals surface area contributed by atoms with E-state index in [-0.39, 0.29) is 5.02 Å². The standard InChI is InChI=1S/C9H8ClF3N2O4S/c10-6-3-1-2-5(8(16)17)7(6)15-20(18,19)14-4-9(11,12)13/h1-3,14-15H,4H2,(H,16,17). The summed E-state index contributed by atoms with van der Waals surface area (Å²) in [5.41, 5.74) is -1.01. The molecular formula is C9H8ClF3N2O4S. The minimum atomic E-state index is -4.75. The molecule has 0 spiro atoms. The fourth-order valence-corrected chi connectivity index (χ4v) is 2.35. The first kappa shape index (κ1) is 16.5. The Morgan fingerprint density at radius 1 is 1.35 bits per heavy atom. The van der Waals surface area contributed by atoms with E-state index < -0.39 is 40.2 Å². The molecule has 0 aromatic heterocycles. The number of aromatic carboxylic acids is 1. The predicted molar refractivity (Wildman–Crippen MR) is 65.0 cm³/mol. The van der Waals surface area contributed by atoms with Crippen molar-refractivity contribution < 1.29 is 31.5 Å². The molecule has 20 heavy (non-hydrogen) atoms. The Morgan fingerprint density at radius 2 is 1.95 bits per heavy atom. The second kappa shape index (κ2) is 5.85. The highest BCUT2D eigenvalue weighted by atomic mass is 35.5. The summed E-state index contributed by atoms with van der Waals surface area (Å²) in [5.74, 6) is -1.49. The summed E-state index contributed by atoms with van der Waals surface area (Å²) < 4.78 is 61.5. The third-order valence-electron chi connectivity index (χ3n) is 1.94. The lowest BCUT2D eigenvalue weighted by Gasteiger charge is -2.13. The summed E-state index contributed by atoms with van der Waals surface area (Å²) in [6, 6.07) is 3.50. The molecule has 0 aliphatic rings. The number of alkyl halides is 3. The molecule has 3 N–H and O–H groups in total. The first-order valence-electron chi connectivity index (χ1n) is 4.88. The van der Waals surface area contributed by atoms with Gasteiger partial charge in [-0.05, 0) is 12.1 Å². The number of nitrogens with one attached hydrogen (secondary N) is 2. The SMILES string of the molecule is O=C(O)c1cccc(Cl)c1NS(=O)(=O)NCC(F)(F)F. The number of carboxylic acids is 1. The van der Waals surface area contributed by atoms with Gasteiger partial charge in [0.2, 0.25) is 0 Å². The molecule has 11 heteroatoms. The Morgan fingerprint density at radius 3 is 2.45 bits per heavy atom. The molecule has 1 aromatic carbocycles. The smallest absolute Gasteiger partial charge is 0.402 e. The van der Waals surface area contributed by atoms with Gasteiger partial charge in [0.15, 0.2) is 0 Å². The van der Waals surface area contributed by atoms with E-state index in [1.54, 1.807) is 4.72 Å². The van der Waals surface area contributed by atoms with Gasteiger partial charge in [0.1, 0.15) is 6.54 Å². The fraction of sp³-hybridized carbons (Fsp3) is 0.222. The molecule has 6 nitrogen and oxygen atoms in total. The van der Waals surface area contributed by atoms with Gasteiger partial charge in [0.25, 0.3) is 10.2 Å². The topological polar surface area (TPSA) is 95.5 Å². The Bertz CT molecular complexity index is 618. The van der Waals surface area contributed by atoms with Gasteiger partial charge < -0.3 is 5.11 Å². The number of carboxylic acid groups (broad SMARTS) is 1. The molecule has 0 bridgehead atoms. The molecule has 0 atom stereocenters. The third kappa shape index (κ3) is 4.87. The van der Waals surface area contributed by atoms with Crippen molar-refractivity contribution >= 4 is 33.5 Å². The average molecular weight is 333 g/mol. The lowest BCUT2D eigenvalue weighted by Crippen LogP contribution is -2.37. The molecule has 0 fully saturated rings. The number of hydrogen-bond acceptors (Lipinski definition) is 3. The average Bonchev–Trinajstić information content (AvgIpc) is 2.28. The van der Waals surface area contributed by atoms with Crippen molar-refractivity contribution in [3.8, 4) is 0 Å². The van der Waals surface area contributed by atoms with Crippen LogP contribution in [0.15, 0.2) is 18.2 Å². The van der Waals surface area contributed by atoms with Crippen LogP contribution in [0.25, 0.3) is 0 Å². The van der Waals surface area contributed by atoms with E-state index in [2.05, 4.69) is 0 Å². The molecule has 0 radical (unpaired) electrons. The summed E-state index contributed by atoms with van der Waals surface area (Å²) in [4.78, 5) is 10.9. The number of rotatable bonds is 5. The van der Waals surface area contributed by atoms with Gasteiger partial charge in [-0.3, -0.25) is 4.72 Å². The number of benzene rings is 1. The molecule has 1 rings (SSSR count). The van der Waals surface area contributed by atoms with E-state index in [4.69, 9.17) is 16.7 Å². The second-order valence-electron chi connectivity index (χ2n) is 3.51. The van der Waals surface area contributed by atoms with E-state index in [0.717, 1.165) is 6.07 Å². The zero-order valence-corrected chi connectivity index (χ0v) is 11.1. The summed E-state index contributed by atoms with van der Waals surface area (Å²) in [6.45, 7) is -1.80. The van der Waals surface area contributed by atoms with Crippen molar-refractivity contribution in [1.82, 2.24) is 4.72 Å². The van der Waals surface area contributed by atoms with Gasteiger partial charge >= 0.3 is 12.1 Å². The molecule has 1 aromatic rings. The number of halogens is 4. The lowest BCUT2D eigenvalue weighted by atomic mass is 10.2. The van der Waals surface area contributed by atoms with Crippen LogP contribution in [0.4, 0.5) is 18.9 Å². The molecule has 0 aliphatic carbocycles. The number of hydrogen-bond donors (Lipinski definition) is 3. The molecule has 0 amide bonds. The Kier molecular flexibility index (Phi) is 4.84. The summed E-state index contributed by atoms with van der Waals surface area (Å²) >= 11 is 5.63. The van der Waals surface area contributed by atoms with E-state index in [1.807, 2.05) is 0 Å². The first-order chi connectivity index (χ1) is 9.02. The molecule has 0 saturated heterocycles. The number of carbonyl (C=O) groups is 1. The highest BCUT2D eigenvalue weighted by molar-refractivity contribution is 7.90. The number of anilines is 1. The van der Waals surface area contributed by atoms with Crippen molar-refractivity contribution in [3.63, 3.8) is 0 Å². The fourth-order valence-electron chi connectivity index (χ4n) is 1.15. The van der Waals surface area contributed by atoms with Crippen molar-refractivity contribution in [1.29, 1.82) is 0 Å². The normalized spacial score (nSPS) is 12.2. The molecular weight excluding hydrogens is 325 g/mol. The van der Waals surface area contributed by atoms with Gasteiger partial charge in [0, 0.05) is 0 Å². The van der Waals surface area contributed by atoms with Gasteiger partial charge in [-0.25, -0.2) is 4.79 Å². The van der Waals surface area contributed by atoms with Crippen LogP contribution >= 0.6 is 11.6 Å². The van der Waals surface area contributed by atoms with Crippen LogP contribution in [-0.4, -0.2) is 32.2 Å². The largest absolute Gasteiger partial charge is 0.478 e. The Hall–Kier alpha value is -1.52. The zero-order valence-electron chi connectivity index (χ0n) is 9.53. The van der Waals surface area contributed by atoms with E-state index in [1.165, 1.54) is 16.9 Å². The minimum Gasteiger partial charge on any atom is -0.478 e. The second-order valence-corrected chi connectivity index (χ2v) is 5.42. The van der Waals surface area contributed by atoms with E-state index in [0.29, 0.717) is 0 Å². The van der Waals surface area contributed by atoms with Crippen LogP contribution in [0.3, 0.4) is 0 Å². The predicted octanol–water partition coefficient (Wildman–Crippen LogP) is 1.85. The van der Waals surface area contributed by atoms with Crippen LogP contribution in [0.2, 0.25) is 5.02 Å².